The van der Waals surface area contributed by atoms with Gasteiger partial charge in [-0.15, -0.1) is 0 Å². The number of nitrogens with one attached hydrogen (secondary N) is 1. The minimum absolute atomic E-state index is 0.0384. The summed E-state index contributed by atoms with van der Waals surface area (Å²) in [5.41, 5.74) is 2.37. The highest BCUT2D eigenvalue weighted by Crippen LogP contribution is 2.43. The van der Waals surface area contributed by atoms with E-state index in [9.17, 15) is 4.79 Å². The van der Waals surface area contributed by atoms with Crippen molar-refractivity contribution in [3.05, 3.63) is 58.5 Å². The summed E-state index contributed by atoms with van der Waals surface area (Å²) >= 11 is 0. The van der Waals surface area contributed by atoms with E-state index in [-0.39, 0.29) is 11.0 Å². The Morgan fingerprint density at radius 3 is 2.83 bits per heavy atom. The Bertz CT molecular complexity index is 1080. The van der Waals surface area contributed by atoms with Gasteiger partial charge in [-0.1, -0.05) is 0 Å². The summed E-state index contributed by atoms with van der Waals surface area (Å²) in [6.45, 7) is 1.65. The van der Waals surface area contributed by atoms with Crippen molar-refractivity contribution in [1.82, 2.24) is 24.9 Å². The minimum Gasteiger partial charge on any atom is -0.494 e. The van der Waals surface area contributed by atoms with E-state index in [2.05, 4.69) is 24.8 Å². The Morgan fingerprint density at radius 1 is 1.21 bits per heavy atom. The molecular weight excluding hydrogens is 368 g/mol. The Morgan fingerprint density at radius 2 is 2.07 bits per heavy atom. The van der Waals surface area contributed by atoms with E-state index in [1.54, 1.807) is 31.9 Å². The second-order valence-electron chi connectivity index (χ2n) is 7.71. The topological polar surface area (TPSA) is 96.9 Å². The number of ether oxygens (including phenoxy) is 1. The number of methoxy groups -OCH3 is 1. The van der Waals surface area contributed by atoms with E-state index in [1.807, 2.05) is 12.1 Å². The summed E-state index contributed by atoms with van der Waals surface area (Å²) in [5, 5.41) is 0. The van der Waals surface area contributed by atoms with Crippen LogP contribution in [-0.2, 0) is 11.8 Å². The Kier molecular flexibility index (Phi) is 4.26. The molecule has 0 saturated carbocycles. The molecule has 3 aromatic rings. The maximum absolute atomic E-state index is 12.8. The quantitative estimate of drug-likeness (QED) is 0.731. The van der Waals surface area contributed by atoms with Gasteiger partial charge < -0.3 is 14.6 Å². The Hall–Kier alpha value is -3.29. The molecule has 0 aromatic carbocycles. The van der Waals surface area contributed by atoms with Gasteiger partial charge in [0.2, 0.25) is 5.95 Å². The monoisotopic (exact) mass is 390 g/mol. The first-order chi connectivity index (χ1) is 14.2. The summed E-state index contributed by atoms with van der Waals surface area (Å²) in [7, 11) is 1.60. The molecule has 0 radical (unpaired) electrons. The first-order valence-electron chi connectivity index (χ1n) is 9.84. The van der Waals surface area contributed by atoms with Gasteiger partial charge in [0.15, 0.2) is 5.75 Å². The lowest BCUT2D eigenvalue weighted by atomic mass is 9.77. The summed E-state index contributed by atoms with van der Waals surface area (Å²) in [4.78, 5) is 35.9. The molecule has 1 unspecified atom stereocenters. The third-order valence-corrected chi connectivity index (χ3v) is 6.02. The SMILES string of the molecule is COc1cnc(N2CCCC3(CCc4c3nc(-c3cccnc3)[nH]c4=O)C2)nc1. The molecule has 0 bridgehead atoms. The second-order valence-corrected chi connectivity index (χ2v) is 7.71. The van der Waals surface area contributed by atoms with Gasteiger partial charge in [0.05, 0.1) is 25.2 Å². The molecule has 8 nitrogen and oxygen atoms in total. The van der Waals surface area contributed by atoms with Gasteiger partial charge >= 0.3 is 0 Å². The molecule has 29 heavy (non-hydrogen) atoms. The van der Waals surface area contributed by atoms with Crippen LogP contribution in [0.2, 0.25) is 0 Å². The molecular formula is C21H22N6O2. The number of pyridine rings is 1. The number of fused-ring (bicyclic) bond motifs is 2. The lowest BCUT2D eigenvalue weighted by Gasteiger charge is -2.40. The molecule has 1 N–H and O–H groups in total. The van der Waals surface area contributed by atoms with Crippen molar-refractivity contribution in [3.63, 3.8) is 0 Å². The van der Waals surface area contributed by atoms with Crippen LogP contribution in [-0.4, -0.2) is 45.1 Å². The summed E-state index contributed by atoms with van der Waals surface area (Å²) in [6, 6.07) is 3.76. The highest BCUT2D eigenvalue weighted by molar-refractivity contribution is 5.54. The van der Waals surface area contributed by atoms with Crippen LogP contribution in [0, 0.1) is 0 Å². The van der Waals surface area contributed by atoms with Crippen molar-refractivity contribution in [1.29, 1.82) is 0 Å². The average molecular weight is 390 g/mol. The number of anilines is 1. The number of piperidine rings is 1. The van der Waals surface area contributed by atoms with E-state index in [0.717, 1.165) is 55.6 Å². The van der Waals surface area contributed by atoms with Crippen LogP contribution in [0.1, 0.15) is 30.5 Å². The first kappa shape index (κ1) is 17.8. The number of nitrogens with zero attached hydrogens (tertiary/aromatic N) is 5. The van der Waals surface area contributed by atoms with Crippen molar-refractivity contribution in [2.45, 2.75) is 31.1 Å². The fourth-order valence-corrected chi connectivity index (χ4v) is 4.57. The largest absolute Gasteiger partial charge is 0.494 e. The highest BCUT2D eigenvalue weighted by Gasteiger charge is 2.45. The van der Waals surface area contributed by atoms with Crippen LogP contribution < -0.4 is 15.2 Å². The number of rotatable bonds is 3. The second kappa shape index (κ2) is 6.95. The van der Waals surface area contributed by atoms with Crippen LogP contribution >= 0.6 is 0 Å². The number of aromatic amines is 1. The fourth-order valence-electron chi connectivity index (χ4n) is 4.57. The van der Waals surface area contributed by atoms with Gasteiger partial charge in [0.1, 0.15) is 5.82 Å². The van der Waals surface area contributed by atoms with E-state index >= 15 is 0 Å². The number of hydrogen-bond donors (Lipinski definition) is 1. The van der Waals surface area contributed by atoms with Crippen LogP contribution in [0.15, 0.2) is 41.7 Å². The zero-order valence-corrected chi connectivity index (χ0v) is 16.3. The minimum atomic E-state index is -0.151. The standard InChI is InChI=1S/C21H22N6O2/c1-29-15-11-23-20(24-12-15)27-9-3-6-21(13-27)7-5-16-17(21)25-18(26-19(16)28)14-4-2-8-22-10-14/h2,4,8,10-12H,3,5-7,9,13H2,1H3,(H,25,26,28). The molecule has 8 heteroatoms. The lowest BCUT2D eigenvalue weighted by molar-refractivity contribution is 0.331. The van der Waals surface area contributed by atoms with Gasteiger partial charge in [-0.3, -0.25) is 9.78 Å². The predicted molar refractivity (Wildman–Crippen MR) is 108 cm³/mol. The molecule has 1 fully saturated rings. The van der Waals surface area contributed by atoms with Gasteiger partial charge in [0, 0.05) is 42.0 Å². The maximum Gasteiger partial charge on any atom is 0.254 e. The maximum atomic E-state index is 12.8. The van der Waals surface area contributed by atoms with Crippen molar-refractivity contribution < 1.29 is 4.74 Å². The summed E-state index contributed by atoms with van der Waals surface area (Å²) in [5.74, 6) is 1.91. The van der Waals surface area contributed by atoms with Crippen molar-refractivity contribution >= 4 is 5.95 Å². The molecule has 1 saturated heterocycles. The molecule has 5 rings (SSSR count). The molecule has 1 aliphatic heterocycles. The molecule has 1 atom stereocenters. The third-order valence-electron chi connectivity index (χ3n) is 6.02. The molecule has 3 aromatic heterocycles. The number of H-pyrrole nitrogens is 1. The number of hydrogen-bond acceptors (Lipinski definition) is 7. The summed E-state index contributed by atoms with van der Waals surface area (Å²) < 4.78 is 5.17. The molecule has 4 heterocycles. The molecule has 148 valence electrons. The Labute approximate surface area is 168 Å². The zero-order chi connectivity index (χ0) is 19.8. The van der Waals surface area contributed by atoms with Gasteiger partial charge in [-0.05, 0) is 37.8 Å². The number of aromatic nitrogens is 5. The van der Waals surface area contributed by atoms with Crippen LogP contribution in [0.5, 0.6) is 5.75 Å². The smallest absolute Gasteiger partial charge is 0.254 e. The normalized spacial score (nSPS) is 20.7. The Balaban J connectivity index is 1.52. The average Bonchev–Trinajstić information content (AvgIpc) is 3.12. The van der Waals surface area contributed by atoms with E-state index in [1.165, 1.54) is 0 Å². The van der Waals surface area contributed by atoms with Crippen molar-refractivity contribution in [2.75, 3.05) is 25.1 Å². The van der Waals surface area contributed by atoms with Crippen molar-refractivity contribution in [2.24, 2.45) is 0 Å². The first-order valence-corrected chi connectivity index (χ1v) is 9.84. The highest BCUT2D eigenvalue weighted by atomic mass is 16.5. The molecule has 1 spiro atoms. The molecule has 0 amide bonds. The lowest BCUT2D eigenvalue weighted by Crippen LogP contribution is -2.46. The van der Waals surface area contributed by atoms with Gasteiger partial charge in [-0.25, -0.2) is 15.0 Å². The third kappa shape index (κ3) is 3.04. The van der Waals surface area contributed by atoms with E-state index in [0.29, 0.717) is 17.5 Å². The molecule has 1 aliphatic carbocycles. The predicted octanol–water partition coefficient (Wildman–Crippen LogP) is 2.11. The fraction of sp³-hybridized carbons (Fsp3) is 0.381. The van der Waals surface area contributed by atoms with Crippen LogP contribution in [0.4, 0.5) is 5.95 Å². The molecule has 2 aliphatic rings. The van der Waals surface area contributed by atoms with E-state index < -0.39 is 0 Å². The van der Waals surface area contributed by atoms with Gasteiger partial charge in [0.25, 0.3) is 5.56 Å². The summed E-state index contributed by atoms with van der Waals surface area (Å²) in [6.07, 6.45) is 10.5. The van der Waals surface area contributed by atoms with Crippen LogP contribution in [0.3, 0.4) is 0 Å². The van der Waals surface area contributed by atoms with Crippen molar-refractivity contribution in [3.8, 4) is 17.1 Å². The van der Waals surface area contributed by atoms with Crippen LogP contribution in [0.25, 0.3) is 11.4 Å². The zero-order valence-electron chi connectivity index (χ0n) is 16.3. The van der Waals surface area contributed by atoms with Gasteiger partial charge in [-0.2, -0.15) is 0 Å². The van der Waals surface area contributed by atoms with E-state index in [4.69, 9.17) is 9.72 Å².